The van der Waals surface area contributed by atoms with Crippen LogP contribution in [0.2, 0.25) is 0 Å². The number of quaternary nitrogens is 1. The van der Waals surface area contributed by atoms with Crippen molar-refractivity contribution >= 4 is 7.82 Å². The monoisotopic (exact) mass is 338 g/mol. The van der Waals surface area contributed by atoms with Crippen molar-refractivity contribution < 1.29 is 23.4 Å². The van der Waals surface area contributed by atoms with E-state index >= 15 is 0 Å². The summed E-state index contributed by atoms with van der Waals surface area (Å²) in [6, 6.07) is 0. The van der Waals surface area contributed by atoms with Crippen LogP contribution in [0.15, 0.2) is 0 Å². The molecule has 0 aliphatic rings. The first kappa shape index (κ1) is 22.1. The van der Waals surface area contributed by atoms with E-state index in [1.807, 2.05) is 0 Å². The molecule has 0 bridgehead atoms. The van der Waals surface area contributed by atoms with E-state index < -0.39 is 7.82 Å². The van der Waals surface area contributed by atoms with Gasteiger partial charge in [-0.15, -0.1) is 0 Å². The summed E-state index contributed by atoms with van der Waals surface area (Å²) in [4.78, 5) is 17.4. The molecule has 0 unspecified atom stereocenters. The van der Waals surface area contributed by atoms with Crippen molar-refractivity contribution in [3.63, 3.8) is 0 Å². The van der Waals surface area contributed by atoms with Crippen molar-refractivity contribution in [1.29, 1.82) is 0 Å². The number of phosphoric acid groups is 1. The summed E-state index contributed by atoms with van der Waals surface area (Å²) in [5.41, 5.74) is 0. The van der Waals surface area contributed by atoms with Crippen LogP contribution < -0.4 is 0 Å². The lowest BCUT2D eigenvalue weighted by Crippen LogP contribution is -2.50. The Hall–Kier alpha value is 0.0700. The van der Waals surface area contributed by atoms with Gasteiger partial charge in [0.05, 0.1) is 32.8 Å². The van der Waals surface area contributed by atoms with Gasteiger partial charge in [0, 0.05) is 0 Å². The standard InChI is InChI=1S/C16H36NO4P/c1-4-7-12-17(13-8-5-2,14-9-6-3)15-10-11-16-21-22(18,19)20/h4-16H2,1-3H3,(H-,18,19,20)/p+1. The van der Waals surface area contributed by atoms with E-state index in [9.17, 15) is 4.57 Å². The normalized spacial score (nSPS) is 12.8. The van der Waals surface area contributed by atoms with Gasteiger partial charge in [-0.3, -0.25) is 4.52 Å². The average Bonchev–Trinajstić information content (AvgIpc) is 2.46. The van der Waals surface area contributed by atoms with Crippen LogP contribution in [0.3, 0.4) is 0 Å². The third kappa shape index (κ3) is 11.6. The quantitative estimate of drug-likeness (QED) is 0.268. The zero-order valence-electron chi connectivity index (χ0n) is 14.8. The van der Waals surface area contributed by atoms with E-state index in [4.69, 9.17) is 9.79 Å². The topological polar surface area (TPSA) is 66.8 Å². The molecule has 2 N–H and O–H groups in total. The second-order valence-electron chi connectivity index (χ2n) is 6.33. The Morgan fingerprint density at radius 1 is 0.773 bits per heavy atom. The first-order chi connectivity index (χ1) is 10.4. The van der Waals surface area contributed by atoms with Gasteiger partial charge < -0.3 is 14.3 Å². The second-order valence-corrected chi connectivity index (χ2v) is 7.57. The van der Waals surface area contributed by atoms with Crippen LogP contribution in [0.1, 0.15) is 72.1 Å². The molecule has 22 heavy (non-hydrogen) atoms. The minimum atomic E-state index is -4.30. The molecular formula is C16H37NO4P+. The highest BCUT2D eigenvalue weighted by Crippen LogP contribution is 2.35. The summed E-state index contributed by atoms with van der Waals surface area (Å²) < 4.78 is 16.4. The Balaban J connectivity index is 4.41. The van der Waals surface area contributed by atoms with Gasteiger partial charge in [0.2, 0.25) is 0 Å². The number of phosphoric ester groups is 1. The fourth-order valence-corrected chi connectivity index (χ4v) is 3.25. The third-order valence-electron chi connectivity index (χ3n) is 4.24. The van der Waals surface area contributed by atoms with Crippen molar-refractivity contribution in [3.8, 4) is 0 Å². The van der Waals surface area contributed by atoms with Gasteiger partial charge in [-0.1, -0.05) is 40.0 Å². The van der Waals surface area contributed by atoms with E-state index in [0.717, 1.165) is 19.4 Å². The Labute approximate surface area is 136 Å². The molecule has 0 atom stereocenters. The predicted molar refractivity (Wildman–Crippen MR) is 91.7 cm³/mol. The lowest BCUT2D eigenvalue weighted by molar-refractivity contribution is -0.929. The van der Waals surface area contributed by atoms with E-state index in [0.29, 0.717) is 0 Å². The highest BCUT2D eigenvalue weighted by molar-refractivity contribution is 7.46. The van der Waals surface area contributed by atoms with Crippen molar-refractivity contribution in [2.75, 3.05) is 32.8 Å². The summed E-state index contributed by atoms with van der Waals surface area (Å²) in [5.74, 6) is 0. The molecule has 134 valence electrons. The molecule has 0 amide bonds. The largest absolute Gasteiger partial charge is 0.469 e. The second kappa shape index (κ2) is 12.5. The summed E-state index contributed by atoms with van der Waals surface area (Å²) in [6.45, 7) is 11.7. The molecule has 0 aromatic carbocycles. The Bertz CT molecular complexity index is 285. The minimum Gasteiger partial charge on any atom is -0.324 e. The molecule has 6 heteroatoms. The lowest BCUT2D eigenvalue weighted by atomic mass is 10.1. The first-order valence-electron chi connectivity index (χ1n) is 8.94. The highest BCUT2D eigenvalue weighted by atomic mass is 31.2. The maximum atomic E-state index is 10.7. The maximum absolute atomic E-state index is 10.7. The zero-order chi connectivity index (χ0) is 16.9. The van der Waals surface area contributed by atoms with Gasteiger partial charge in [0.15, 0.2) is 0 Å². The summed E-state index contributed by atoms with van der Waals surface area (Å²) >= 11 is 0. The predicted octanol–water partition coefficient (Wildman–Crippen LogP) is 4.09. The van der Waals surface area contributed by atoms with Gasteiger partial charge in [-0.2, -0.15) is 0 Å². The van der Waals surface area contributed by atoms with Gasteiger partial charge in [-0.25, -0.2) is 4.57 Å². The number of hydrogen-bond donors (Lipinski definition) is 2. The Morgan fingerprint density at radius 3 is 1.55 bits per heavy atom. The molecular weight excluding hydrogens is 301 g/mol. The Kier molecular flexibility index (Phi) is 12.5. The van der Waals surface area contributed by atoms with Crippen LogP contribution in [-0.2, 0) is 9.09 Å². The molecule has 0 radical (unpaired) electrons. The molecule has 0 aliphatic carbocycles. The van der Waals surface area contributed by atoms with Gasteiger partial charge in [-0.05, 0) is 32.1 Å². The van der Waals surface area contributed by atoms with Gasteiger partial charge in [0.25, 0.3) is 0 Å². The fourth-order valence-electron chi connectivity index (χ4n) is 2.88. The van der Waals surface area contributed by atoms with Crippen LogP contribution in [0.5, 0.6) is 0 Å². The summed E-state index contributed by atoms with van der Waals surface area (Å²) in [7, 11) is -4.30. The molecule has 0 saturated carbocycles. The molecule has 0 aromatic heterocycles. The van der Waals surface area contributed by atoms with Gasteiger partial charge in [0.1, 0.15) is 0 Å². The molecule has 0 rings (SSSR count). The molecule has 0 aliphatic heterocycles. The van der Waals surface area contributed by atoms with E-state index in [-0.39, 0.29) is 6.61 Å². The van der Waals surface area contributed by atoms with E-state index in [1.54, 1.807) is 0 Å². The van der Waals surface area contributed by atoms with Crippen LogP contribution >= 0.6 is 7.82 Å². The first-order valence-corrected chi connectivity index (χ1v) is 10.5. The minimum absolute atomic E-state index is 0.152. The van der Waals surface area contributed by atoms with Crippen molar-refractivity contribution in [3.05, 3.63) is 0 Å². The number of hydrogen-bond acceptors (Lipinski definition) is 2. The zero-order valence-corrected chi connectivity index (χ0v) is 15.7. The van der Waals surface area contributed by atoms with Crippen molar-refractivity contribution in [2.45, 2.75) is 72.1 Å². The van der Waals surface area contributed by atoms with Crippen LogP contribution in [-0.4, -0.2) is 47.1 Å². The van der Waals surface area contributed by atoms with Crippen molar-refractivity contribution in [2.24, 2.45) is 0 Å². The summed E-state index contributed by atoms with van der Waals surface area (Å²) in [6.07, 6.45) is 9.12. The SMILES string of the molecule is CCCC[N+](CCCC)(CCCC)CCCCOP(=O)(O)O. The van der Waals surface area contributed by atoms with Crippen molar-refractivity contribution in [1.82, 2.24) is 0 Å². The number of unbranched alkanes of at least 4 members (excludes halogenated alkanes) is 4. The number of rotatable bonds is 15. The Morgan fingerprint density at radius 2 is 1.18 bits per heavy atom. The molecule has 5 nitrogen and oxygen atoms in total. The lowest BCUT2D eigenvalue weighted by Gasteiger charge is -2.39. The molecule has 0 spiro atoms. The van der Waals surface area contributed by atoms with Crippen LogP contribution in [0.4, 0.5) is 0 Å². The van der Waals surface area contributed by atoms with Gasteiger partial charge >= 0.3 is 7.82 Å². The van der Waals surface area contributed by atoms with E-state index in [2.05, 4.69) is 25.3 Å². The third-order valence-corrected chi connectivity index (χ3v) is 4.76. The van der Waals surface area contributed by atoms with E-state index in [1.165, 1.54) is 62.6 Å². The fraction of sp³-hybridized carbons (Fsp3) is 1.00. The van der Waals surface area contributed by atoms with Crippen LogP contribution in [0.25, 0.3) is 0 Å². The molecule has 0 saturated heterocycles. The average molecular weight is 338 g/mol. The molecule has 0 heterocycles. The smallest absolute Gasteiger partial charge is 0.324 e. The highest BCUT2D eigenvalue weighted by Gasteiger charge is 2.25. The maximum Gasteiger partial charge on any atom is 0.469 e. The molecule has 0 fully saturated rings. The summed E-state index contributed by atoms with van der Waals surface area (Å²) in [5, 5.41) is 0. The number of nitrogens with zero attached hydrogens (tertiary/aromatic N) is 1. The van der Waals surface area contributed by atoms with Crippen LogP contribution in [0, 0.1) is 0 Å². The molecule has 0 aromatic rings.